The summed E-state index contributed by atoms with van der Waals surface area (Å²) in [7, 11) is 3.20. The minimum absolute atomic E-state index is 0.0746. The van der Waals surface area contributed by atoms with Crippen molar-refractivity contribution in [3.8, 4) is 11.5 Å². The summed E-state index contributed by atoms with van der Waals surface area (Å²) in [6, 6.07) is 14.1. The van der Waals surface area contributed by atoms with Gasteiger partial charge in [0, 0.05) is 25.1 Å². The Morgan fingerprint density at radius 1 is 1.08 bits per heavy atom. The van der Waals surface area contributed by atoms with E-state index >= 15 is 0 Å². The Morgan fingerprint density at radius 2 is 1.86 bits per heavy atom. The van der Waals surface area contributed by atoms with Crippen molar-refractivity contribution in [3.05, 3.63) is 65.7 Å². The van der Waals surface area contributed by atoms with Gasteiger partial charge in [-0.2, -0.15) is 0 Å². The van der Waals surface area contributed by atoms with Gasteiger partial charge < -0.3 is 25.0 Å². The average molecular weight is 510 g/mol. The smallest absolute Gasteiger partial charge is 0.160 e. The largest absolute Gasteiger partial charge is 0.493 e. The highest BCUT2D eigenvalue weighted by atomic mass is 16.5. The van der Waals surface area contributed by atoms with E-state index in [9.17, 15) is 15.0 Å². The molecule has 0 heterocycles. The molecule has 0 amide bonds. The molecule has 0 spiro atoms. The van der Waals surface area contributed by atoms with Crippen LogP contribution in [0.2, 0.25) is 0 Å². The van der Waals surface area contributed by atoms with Crippen molar-refractivity contribution in [3.63, 3.8) is 0 Å². The Kier molecular flexibility index (Phi) is 11.0. The molecule has 1 aliphatic carbocycles. The Bertz CT molecular complexity index is 1030. The zero-order valence-electron chi connectivity index (χ0n) is 22.5. The molecule has 0 aromatic heterocycles. The van der Waals surface area contributed by atoms with Crippen molar-refractivity contribution in [2.75, 3.05) is 26.1 Å². The third kappa shape index (κ3) is 9.52. The fraction of sp³-hybridized carbons (Fsp3) is 0.516. The summed E-state index contributed by atoms with van der Waals surface area (Å²) < 4.78 is 10.6. The number of rotatable bonds is 15. The molecular weight excluding hydrogens is 466 g/mol. The third-order valence-electron chi connectivity index (χ3n) is 7.09. The van der Waals surface area contributed by atoms with Crippen molar-refractivity contribution in [1.82, 2.24) is 0 Å². The number of aliphatic hydroxyl groups excluding tert-OH is 1. The number of methoxy groups -OCH3 is 2. The quantitative estimate of drug-likeness (QED) is 0.217. The maximum Gasteiger partial charge on any atom is 0.160 e. The number of benzene rings is 2. The summed E-state index contributed by atoms with van der Waals surface area (Å²) in [5.74, 6) is 1.86. The number of unbranched alkanes of at least 4 members (excludes halogenated alkanes) is 1. The van der Waals surface area contributed by atoms with E-state index in [0.717, 1.165) is 43.4 Å². The molecular formula is C31H43NO5. The van der Waals surface area contributed by atoms with Gasteiger partial charge in [0.25, 0.3) is 0 Å². The van der Waals surface area contributed by atoms with Crippen LogP contribution >= 0.6 is 0 Å². The molecule has 2 aromatic carbocycles. The highest BCUT2D eigenvalue weighted by molar-refractivity contribution is 5.80. The maximum absolute atomic E-state index is 12.6. The van der Waals surface area contributed by atoms with Crippen LogP contribution in [0.1, 0.15) is 63.0 Å². The van der Waals surface area contributed by atoms with Crippen LogP contribution in [0.15, 0.2) is 54.6 Å². The fourth-order valence-corrected chi connectivity index (χ4v) is 4.91. The molecule has 1 aliphatic rings. The highest BCUT2D eigenvalue weighted by Gasteiger charge is 2.30. The Labute approximate surface area is 221 Å². The van der Waals surface area contributed by atoms with Gasteiger partial charge in [0.05, 0.1) is 25.9 Å². The van der Waals surface area contributed by atoms with Gasteiger partial charge in [-0.1, -0.05) is 36.8 Å². The van der Waals surface area contributed by atoms with E-state index in [2.05, 4.69) is 29.6 Å². The number of hydrogen-bond acceptors (Lipinski definition) is 6. The second-order valence-electron chi connectivity index (χ2n) is 10.3. The van der Waals surface area contributed by atoms with Crippen molar-refractivity contribution in [2.45, 2.75) is 76.4 Å². The lowest BCUT2D eigenvalue weighted by molar-refractivity contribution is -0.122. The molecule has 0 aliphatic heterocycles. The number of aliphatic hydroxyl groups is 2. The minimum atomic E-state index is -1.02. The van der Waals surface area contributed by atoms with Gasteiger partial charge in [0.1, 0.15) is 5.78 Å². The molecule has 3 rings (SSSR count). The third-order valence-corrected chi connectivity index (χ3v) is 7.09. The van der Waals surface area contributed by atoms with Crippen LogP contribution < -0.4 is 14.8 Å². The minimum Gasteiger partial charge on any atom is -0.493 e. The predicted molar refractivity (Wildman–Crippen MR) is 148 cm³/mol. The number of ketones is 1. The van der Waals surface area contributed by atoms with E-state index in [-0.39, 0.29) is 18.3 Å². The van der Waals surface area contributed by atoms with Gasteiger partial charge >= 0.3 is 0 Å². The molecule has 0 unspecified atom stereocenters. The van der Waals surface area contributed by atoms with E-state index in [0.29, 0.717) is 43.2 Å². The van der Waals surface area contributed by atoms with E-state index in [1.165, 1.54) is 5.56 Å². The van der Waals surface area contributed by atoms with Crippen LogP contribution in [0.4, 0.5) is 5.69 Å². The first-order valence-electron chi connectivity index (χ1n) is 13.5. The van der Waals surface area contributed by atoms with Crippen molar-refractivity contribution in [1.29, 1.82) is 0 Å². The number of carbonyl (C=O) groups excluding carboxylic acids is 1. The van der Waals surface area contributed by atoms with E-state index in [4.69, 9.17) is 9.47 Å². The molecule has 0 bridgehead atoms. The second kappa shape index (κ2) is 14.2. The normalized spacial score (nSPS) is 19.9. The summed E-state index contributed by atoms with van der Waals surface area (Å²) in [5.41, 5.74) is 2.34. The standard InChI is InChI=1S/C31H43NO5/c1-23(33)22-32-27-10-6-9-25(19-27)8-5-4-7-24-15-17-31(35,18-16-24)21-28(34)13-11-26-12-14-29(36-2)30(20-26)37-3/h6,9-10,12,14-15,17,19-20,23-24,32-33,35H,4-5,7-8,11,13,16,18,21-22H2,1-3H3/t23-,24-,31-/m0/s1. The van der Waals surface area contributed by atoms with Gasteiger partial charge in [-0.05, 0) is 86.8 Å². The number of hydrogen-bond donors (Lipinski definition) is 3. The zero-order chi connectivity index (χ0) is 26.7. The van der Waals surface area contributed by atoms with E-state index in [1.54, 1.807) is 21.1 Å². The first-order chi connectivity index (χ1) is 17.8. The first-order valence-corrected chi connectivity index (χ1v) is 13.5. The molecule has 3 atom stereocenters. The molecule has 3 N–H and O–H groups in total. The maximum atomic E-state index is 12.6. The number of ether oxygens (including phenoxy) is 2. The average Bonchev–Trinajstić information content (AvgIpc) is 2.89. The molecule has 202 valence electrons. The second-order valence-corrected chi connectivity index (χ2v) is 10.3. The molecule has 2 aromatic rings. The highest BCUT2D eigenvalue weighted by Crippen LogP contribution is 2.32. The molecule has 0 radical (unpaired) electrons. The van der Waals surface area contributed by atoms with Crippen LogP contribution in [0.5, 0.6) is 11.5 Å². The molecule has 6 heteroatoms. The topological polar surface area (TPSA) is 88.0 Å². The van der Waals surface area contributed by atoms with Crippen LogP contribution in [0, 0.1) is 5.92 Å². The Balaban J connectivity index is 1.37. The Hall–Kier alpha value is -2.83. The fourth-order valence-electron chi connectivity index (χ4n) is 4.91. The molecule has 0 fully saturated rings. The van der Waals surface area contributed by atoms with Crippen LogP contribution in [-0.4, -0.2) is 48.5 Å². The monoisotopic (exact) mass is 509 g/mol. The van der Waals surface area contributed by atoms with Crippen LogP contribution in [-0.2, 0) is 17.6 Å². The summed E-state index contributed by atoms with van der Waals surface area (Å²) in [6.45, 7) is 2.32. The van der Waals surface area contributed by atoms with Crippen molar-refractivity contribution >= 4 is 11.5 Å². The van der Waals surface area contributed by atoms with Crippen molar-refractivity contribution in [2.24, 2.45) is 5.92 Å². The Morgan fingerprint density at radius 3 is 2.57 bits per heavy atom. The number of anilines is 1. The zero-order valence-corrected chi connectivity index (χ0v) is 22.5. The first kappa shape index (κ1) is 28.7. The number of allylic oxidation sites excluding steroid dienone is 1. The summed E-state index contributed by atoms with van der Waals surface area (Å²) in [5, 5.41) is 23.7. The van der Waals surface area contributed by atoms with Crippen LogP contribution in [0.3, 0.4) is 0 Å². The number of carbonyl (C=O) groups is 1. The lowest BCUT2D eigenvalue weighted by atomic mass is 9.80. The molecule has 6 nitrogen and oxygen atoms in total. The summed E-state index contributed by atoms with van der Waals surface area (Å²) >= 11 is 0. The van der Waals surface area contributed by atoms with Gasteiger partial charge in [-0.15, -0.1) is 0 Å². The van der Waals surface area contributed by atoms with Gasteiger partial charge in [0.15, 0.2) is 11.5 Å². The van der Waals surface area contributed by atoms with E-state index < -0.39 is 5.60 Å². The molecule has 0 saturated heterocycles. The predicted octanol–water partition coefficient (Wildman–Crippen LogP) is 5.50. The number of nitrogens with one attached hydrogen (secondary N) is 1. The van der Waals surface area contributed by atoms with Crippen LogP contribution in [0.25, 0.3) is 0 Å². The molecule has 0 saturated carbocycles. The number of Topliss-reactive ketones (excluding diaryl/α,β-unsaturated/α-hetero) is 1. The van der Waals surface area contributed by atoms with E-state index in [1.807, 2.05) is 30.3 Å². The summed E-state index contributed by atoms with van der Waals surface area (Å²) in [4.78, 5) is 12.6. The van der Waals surface area contributed by atoms with Gasteiger partial charge in [-0.3, -0.25) is 4.79 Å². The van der Waals surface area contributed by atoms with Gasteiger partial charge in [0.2, 0.25) is 0 Å². The number of aryl methyl sites for hydroxylation is 2. The summed E-state index contributed by atoms with van der Waals surface area (Å²) in [6.07, 6.45) is 10.7. The SMILES string of the molecule is COc1ccc(CCC(=O)C[C@]2(O)C=C[C@H](CCCCc3cccc(NC[C@H](C)O)c3)CC2)cc1OC. The lowest BCUT2D eigenvalue weighted by Crippen LogP contribution is -2.32. The van der Waals surface area contributed by atoms with Crippen molar-refractivity contribution < 1.29 is 24.5 Å². The van der Waals surface area contributed by atoms with Gasteiger partial charge in [-0.25, -0.2) is 0 Å². The molecule has 37 heavy (non-hydrogen) atoms. The lowest BCUT2D eigenvalue weighted by Gasteiger charge is -2.30.